The Kier molecular flexibility index (Phi) is 6.01. The van der Waals surface area contributed by atoms with E-state index in [1.54, 1.807) is 5.38 Å². The summed E-state index contributed by atoms with van der Waals surface area (Å²) in [5.74, 6) is -2.04. The zero-order chi connectivity index (χ0) is 23.8. The van der Waals surface area contributed by atoms with Gasteiger partial charge in [-0.2, -0.15) is 0 Å². The molecule has 1 atom stereocenters. The number of nitrogens with zero attached hydrogens (tertiary/aromatic N) is 3. The van der Waals surface area contributed by atoms with E-state index in [2.05, 4.69) is 20.2 Å². The van der Waals surface area contributed by atoms with Gasteiger partial charge >= 0.3 is 5.69 Å². The highest BCUT2D eigenvalue weighted by Crippen LogP contribution is 2.28. The van der Waals surface area contributed by atoms with E-state index >= 15 is 0 Å². The summed E-state index contributed by atoms with van der Waals surface area (Å²) in [5.41, 5.74) is 2.53. The molecule has 5 rings (SSSR count). The number of para-hydroxylation sites is 2. The van der Waals surface area contributed by atoms with Gasteiger partial charge in [-0.15, -0.1) is 11.3 Å². The van der Waals surface area contributed by atoms with Gasteiger partial charge in [0.15, 0.2) is 16.8 Å². The number of amides is 1. The van der Waals surface area contributed by atoms with Crippen molar-refractivity contribution in [3.05, 3.63) is 70.0 Å². The minimum absolute atomic E-state index is 0.0767. The van der Waals surface area contributed by atoms with E-state index in [9.17, 15) is 18.4 Å². The first-order valence-electron chi connectivity index (χ1n) is 11.1. The fourth-order valence-corrected chi connectivity index (χ4v) is 5.19. The van der Waals surface area contributed by atoms with Crippen molar-refractivity contribution in [1.29, 1.82) is 0 Å². The van der Waals surface area contributed by atoms with Crippen LogP contribution < -0.4 is 11.0 Å². The van der Waals surface area contributed by atoms with Crippen LogP contribution in [0.25, 0.3) is 22.3 Å². The van der Waals surface area contributed by atoms with Crippen LogP contribution in [0.5, 0.6) is 0 Å². The Labute approximate surface area is 198 Å². The molecule has 1 aliphatic rings. The number of fused-ring (bicyclic) bond motifs is 1. The first-order chi connectivity index (χ1) is 16.4. The standard InChI is InChI=1S/C24H23F2N5O2S/c1-14(22(32)29-23-27-20(13-34-23)15-6-7-17(25)18(26)12-15)30-10-8-16(9-11-30)31-21-5-3-2-4-19(21)28-24(31)33/h2-7,12-14,16H,8-11H2,1H3,(H,28,33)(H,27,29,32). The number of hydrogen-bond donors (Lipinski definition) is 2. The van der Waals surface area contributed by atoms with Gasteiger partial charge in [-0.1, -0.05) is 12.1 Å². The number of nitrogens with one attached hydrogen (secondary N) is 2. The van der Waals surface area contributed by atoms with Crippen LogP contribution >= 0.6 is 11.3 Å². The van der Waals surface area contributed by atoms with Gasteiger partial charge in [0, 0.05) is 30.1 Å². The topological polar surface area (TPSA) is 83.0 Å². The summed E-state index contributed by atoms with van der Waals surface area (Å²) in [5, 5.41) is 4.92. The maximum absolute atomic E-state index is 13.5. The molecule has 1 aliphatic heterocycles. The number of piperidine rings is 1. The summed E-state index contributed by atoms with van der Waals surface area (Å²) in [4.78, 5) is 34.7. The SMILES string of the molecule is CC(C(=O)Nc1nc(-c2ccc(F)c(F)c2)cs1)N1CCC(n2c(=O)[nH]c3ccccc32)CC1. The van der Waals surface area contributed by atoms with Gasteiger partial charge in [0.1, 0.15) is 0 Å². The van der Waals surface area contributed by atoms with Crippen LogP contribution in [0.1, 0.15) is 25.8 Å². The summed E-state index contributed by atoms with van der Waals surface area (Å²) >= 11 is 1.23. The van der Waals surface area contributed by atoms with Crippen LogP contribution in [0, 0.1) is 11.6 Å². The molecule has 1 saturated heterocycles. The van der Waals surface area contributed by atoms with Crippen molar-refractivity contribution < 1.29 is 13.6 Å². The van der Waals surface area contributed by atoms with Crippen LogP contribution in [0.15, 0.2) is 52.6 Å². The number of likely N-dealkylation sites (tertiary alicyclic amines) is 1. The molecule has 0 spiro atoms. The lowest BCUT2D eigenvalue weighted by molar-refractivity contribution is -0.121. The Hall–Kier alpha value is -3.37. The molecule has 3 heterocycles. The Morgan fingerprint density at radius 1 is 1.18 bits per heavy atom. The smallest absolute Gasteiger partial charge is 0.306 e. The van der Waals surface area contributed by atoms with Crippen molar-refractivity contribution in [2.75, 3.05) is 18.4 Å². The molecule has 2 aromatic carbocycles. The van der Waals surface area contributed by atoms with E-state index in [1.807, 2.05) is 35.8 Å². The first kappa shape index (κ1) is 22.4. The fourth-order valence-electron chi connectivity index (χ4n) is 4.46. The number of carbonyl (C=O) groups is 1. The molecule has 10 heteroatoms. The monoisotopic (exact) mass is 483 g/mol. The summed E-state index contributed by atoms with van der Waals surface area (Å²) in [6, 6.07) is 10.9. The van der Waals surface area contributed by atoms with Gasteiger partial charge in [0.05, 0.1) is 22.8 Å². The lowest BCUT2D eigenvalue weighted by atomic mass is 10.0. The number of imidazole rings is 1. The van der Waals surface area contributed by atoms with Crippen LogP contribution in [0.2, 0.25) is 0 Å². The number of H-pyrrole nitrogens is 1. The average Bonchev–Trinajstić information content (AvgIpc) is 3.44. The summed E-state index contributed by atoms with van der Waals surface area (Å²) in [6.07, 6.45) is 1.52. The third-order valence-corrected chi connectivity index (χ3v) is 7.12. The third-order valence-electron chi connectivity index (χ3n) is 6.37. The van der Waals surface area contributed by atoms with E-state index in [0.717, 1.165) is 36.0 Å². The average molecular weight is 484 g/mol. The van der Waals surface area contributed by atoms with E-state index in [-0.39, 0.29) is 23.7 Å². The van der Waals surface area contributed by atoms with E-state index in [4.69, 9.17) is 0 Å². The van der Waals surface area contributed by atoms with Crippen molar-refractivity contribution in [2.24, 2.45) is 0 Å². The molecule has 2 aromatic heterocycles. The lowest BCUT2D eigenvalue weighted by Crippen LogP contribution is -2.46. The zero-order valence-corrected chi connectivity index (χ0v) is 19.2. The Bertz CT molecular complexity index is 1400. The van der Waals surface area contributed by atoms with Crippen molar-refractivity contribution in [2.45, 2.75) is 31.8 Å². The quantitative estimate of drug-likeness (QED) is 0.441. The molecular formula is C24H23F2N5O2S. The number of halogens is 2. The molecule has 2 N–H and O–H groups in total. The highest BCUT2D eigenvalue weighted by molar-refractivity contribution is 7.14. The van der Waals surface area contributed by atoms with Crippen molar-refractivity contribution >= 4 is 33.4 Å². The van der Waals surface area contributed by atoms with Crippen LogP contribution in [-0.2, 0) is 4.79 Å². The van der Waals surface area contributed by atoms with Crippen LogP contribution in [0.3, 0.4) is 0 Å². The van der Waals surface area contributed by atoms with Gasteiger partial charge < -0.3 is 10.3 Å². The number of thiazole rings is 1. The van der Waals surface area contributed by atoms with Crippen molar-refractivity contribution in [3.63, 3.8) is 0 Å². The van der Waals surface area contributed by atoms with E-state index in [1.165, 1.54) is 17.4 Å². The molecule has 34 heavy (non-hydrogen) atoms. The predicted molar refractivity (Wildman–Crippen MR) is 128 cm³/mol. The number of benzene rings is 2. The second-order valence-corrected chi connectivity index (χ2v) is 9.27. The van der Waals surface area contributed by atoms with Gasteiger partial charge in [-0.3, -0.25) is 14.3 Å². The third kappa shape index (κ3) is 4.26. The first-order valence-corrected chi connectivity index (χ1v) is 11.9. The molecule has 1 unspecified atom stereocenters. The Balaban J connectivity index is 1.21. The minimum atomic E-state index is -0.942. The minimum Gasteiger partial charge on any atom is -0.306 e. The number of aromatic amines is 1. The molecular weight excluding hydrogens is 460 g/mol. The van der Waals surface area contributed by atoms with Gasteiger partial charge in [-0.05, 0) is 50.1 Å². The number of carbonyl (C=O) groups excluding carboxylic acids is 1. The van der Waals surface area contributed by atoms with Crippen LogP contribution in [0.4, 0.5) is 13.9 Å². The number of rotatable bonds is 5. The largest absolute Gasteiger partial charge is 0.326 e. The van der Waals surface area contributed by atoms with E-state index in [0.29, 0.717) is 29.5 Å². The summed E-state index contributed by atoms with van der Waals surface area (Å²) < 4.78 is 28.5. The second kappa shape index (κ2) is 9.11. The maximum atomic E-state index is 13.5. The van der Waals surface area contributed by atoms with Gasteiger partial charge in [0.25, 0.3) is 0 Å². The normalized spacial score (nSPS) is 16.1. The molecule has 7 nitrogen and oxygen atoms in total. The van der Waals surface area contributed by atoms with Gasteiger partial charge in [-0.25, -0.2) is 18.6 Å². The maximum Gasteiger partial charge on any atom is 0.326 e. The molecule has 176 valence electrons. The molecule has 0 bridgehead atoms. The molecule has 4 aromatic rings. The molecule has 0 aliphatic carbocycles. The molecule has 0 saturated carbocycles. The second-order valence-electron chi connectivity index (χ2n) is 8.42. The zero-order valence-electron chi connectivity index (χ0n) is 18.4. The number of anilines is 1. The number of hydrogen-bond acceptors (Lipinski definition) is 5. The summed E-state index contributed by atoms with van der Waals surface area (Å²) in [6.45, 7) is 3.21. The Morgan fingerprint density at radius 3 is 2.71 bits per heavy atom. The molecule has 1 amide bonds. The number of aromatic nitrogens is 3. The fraction of sp³-hybridized carbons (Fsp3) is 0.292. The van der Waals surface area contributed by atoms with Crippen molar-refractivity contribution in [3.8, 4) is 11.3 Å². The highest BCUT2D eigenvalue weighted by Gasteiger charge is 2.29. The lowest BCUT2D eigenvalue weighted by Gasteiger charge is -2.35. The molecule has 0 radical (unpaired) electrons. The van der Waals surface area contributed by atoms with Crippen molar-refractivity contribution in [1.82, 2.24) is 19.4 Å². The highest BCUT2D eigenvalue weighted by atomic mass is 32.1. The Morgan fingerprint density at radius 2 is 1.94 bits per heavy atom. The predicted octanol–water partition coefficient (Wildman–Crippen LogP) is 4.40. The van der Waals surface area contributed by atoms with Gasteiger partial charge in [0.2, 0.25) is 5.91 Å². The summed E-state index contributed by atoms with van der Waals surface area (Å²) in [7, 11) is 0. The molecule has 1 fully saturated rings. The van der Waals surface area contributed by atoms with E-state index < -0.39 is 11.6 Å². The van der Waals surface area contributed by atoms with Crippen LogP contribution in [-0.4, -0.2) is 44.5 Å².